The number of aromatic nitrogens is 4. The zero-order valence-corrected chi connectivity index (χ0v) is 9.32. The van der Waals surface area contributed by atoms with Gasteiger partial charge in [0, 0.05) is 6.20 Å². The number of carbonyl (C=O) groups is 1. The maximum absolute atomic E-state index is 10.6. The van der Waals surface area contributed by atoms with Crippen molar-refractivity contribution in [2.75, 3.05) is 0 Å². The highest BCUT2D eigenvalue weighted by Crippen LogP contribution is 2.18. The molecule has 6 nitrogen and oxygen atoms in total. The van der Waals surface area contributed by atoms with E-state index in [1.54, 1.807) is 23.3 Å². The zero-order chi connectivity index (χ0) is 12.3. The first-order valence-electron chi connectivity index (χ1n) is 5.19. The molecule has 0 aliphatic heterocycles. The number of carboxylic acids is 1. The normalized spacial score (nSPS) is 12.3. The topological polar surface area (TPSA) is 80.9 Å². The van der Waals surface area contributed by atoms with Gasteiger partial charge in [-0.15, -0.1) is 0 Å². The molecule has 0 saturated heterocycles. The van der Waals surface area contributed by atoms with Gasteiger partial charge >= 0.3 is 5.97 Å². The summed E-state index contributed by atoms with van der Waals surface area (Å²) in [7, 11) is 0. The van der Waals surface area contributed by atoms with E-state index in [9.17, 15) is 4.79 Å². The molecular formula is C11H12N4O2. The highest BCUT2D eigenvalue weighted by molar-refractivity contribution is 5.67. The Hall–Kier alpha value is -2.24. The molecule has 1 unspecified atom stereocenters. The van der Waals surface area contributed by atoms with E-state index in [-0.39, 0.29) is 12.3 Å². The zero-order valence-electron chi connectivity index (χ0n) is 9.32. The van der Waals surface area contributed by atoms with Crippen LogP contribution in [0.2, 0.25) is 0 Å². The van der Waals surface area contributed by atoms with Crippen LogP contribution in [0.3, 0.4) is 0 Å². The lowest BCUT2D eigenvalue weighted by molar-refractivity contribution is -0.137. The lowest BCUT2D eigenvalue weighted by atomic mass is 10.00. The summed E-state index contributed by atoms with van der Waals surface area (Å²) in [4.78, 5) is 18.6. The number of aliphatic carboxylic acids is 1. The third-order valence-corrected chi connectivity index (χ3v) is 2.47. The average Bonchev–Trinajstić information content (AvgIpc) is 2.82. The fraction of sp³-hybridized carbons (Fsp3) is 0.273. The molecule has 17 heavy (non-hydrogen) atoms. The molecule has 0 spiro atoms. The van der Waals surface area contributed by atoms with Crippen molar-refractivity contribution in [3.05, 3.63) is 36.5 Å². The Morgan fingerprint density at radius 2 is 2.35 bits per heavy atom. The van der Waals surface area contributed by atoms with Gasteiger partial charge in [-0.25, -0.2) is 14.6 Å². The summed E-state index contributed by atoms with van der Waals surface area (Å²) in [6.07, 6.45) is 4.76. The predicted octanol–water partition coefficient (Wildman–Crippen LogP) is 1.24. The largest absolute Gasteiger partial charge is 0.481 e. The molecule has 0 aromatic carbocycles. The highest BCUT2D eigenvalue weighted by Gasteiger charge is 2.10. The molecule has 0 aliphatic carbocycles. The molecular weight excluding hydrogens is 220 g/mol. The summed E-state index contributed by atoms with van der Waals surface area (Å²) in [5.41, 5.74) is 0.899. The van der Waals surface area contributed by atoms with Crippen molar-refractivity contribution in [2.24, 2.45) is 0 Å². The third kappa shape index (κ3) is 2.66. The minimum atomic E-state index is -0.808. The van der Waals surface area contributed by atoms with Crippen LogP contribution in [-0.4, -0.2) is 30.8 Å². The summed E-state index contributed by atoms with van der Waals surface area (Å²) < 4.78 is 1.55. The molecule has 2 heterocycles. The van der Waals surface area contributed by atoms with Crippen molar-refractivity contribution < 1.29 is 9.90 Å². The summed E-state index contributed by atoms with van der Waals surface area (Å²) in [6.45, 7) is 1.86. The maximum Gasteiger partial charge on any atom is 0.303 e. The number of nitrogens with zero attached hydrogens (tertiary/aromatic N) is 4. The SMILES string of the molecule is CC(CC(=O)O)c1ccc(-n2cncn2)nc1. The van der Waals surface area contributed by atoms with Crippen molar-refractivity contribution in [1.82, 2.24) is 19.7 Å². The van der Waals surface area contributed by atoms with Crippen LogP contribution >= 0.6 is 0 Å². The van der Waals surface area contributed by atoms with Crippen molar-refractivity contribution >= 4 is 5.97 Å². The molecule has 0 amide bonds. The van der Waals surface area contributed by atoms with E-state index in [4.69, 9.17) is 5.11 Å². The standard InChI is InChI=1S/C11H12N4O2/c1-8(4-11(16)17)9-2-3-10(13-5-9)15-7-12-6-14-15/h2-3,5-8H,4H2,1H3,(H,16,17). The lowest BCUT2D eigenvalue weighted by Crippen LogP contribution is -2.04. The van der Waals surface area contributed by atoms with Crippen LogP contribution in [0, 0.1) is 0 Å². The van der Waals surface area contributed by atoms with Crippen LogP contribution in [0.25, 0.3) is 5.82 Å². The second kappa shape index (κ2) is 4.73. The Balaban J connectivity index is 2.15. The van der Waals surface area contributed by atoms with Gasteiger partial charge < -0.3 is 5.11 Å². The van der Waals surface area contributed by atoms with Crippen molar-refractivity contribution in [3.8, 4) is 5.82 Å². The van der Waals surface area contributed by atoms with E-state index in [1.165, 1.54) is 6.33 Å². The van der Waals surface area contributed by atoms with Crippen LogP contribution in [0.1, 0.15) is 24.8 Å². The molecule has 6 heteroatoms. The minimum Gasteiger partial charge on any atom is -0.481 e. The third-order valence-electron chi connectivity index (χ3n) is 2.47. The summed E-state index contributed by atoms with van der Waals surface area (Å²) in [6, 6.07) is 3.65. The fourth-order valence-electron chi connectivity index (χ4n) is 1.53. The molecule has 88 valence electrons. The maximum atomic E-state index is 10.6. The quantitative estimate of drug-likeness (QED) is 0.857. The molecule has 1 atom stereocenters. The van der Waals surface area contributed by atoms with E-state index < -0.39 is 5.97 Å². The van der Waals surface area contributed by atoms with Gasteiger partial charge in [0.15, 0.2) is 5.82 Å². The van der Waals surface area contributed by atoms with E-state index >= 15 is 0 Å². The van der Waals surface area contributed by atoms with Crippen LogP contribution in [0.15, 0.2) is 31.0 Å². The van der Waals surface area contributed by atoms with Gasteiger partial charge in [0.25, 0.3) is 0 Å². The highest BCUT2D eigenvalue weighted by atomic mass is 16.4. The molecule has 0 aliphatic rings. The average molecular weight is 232 g/mol. The summed E-state index contributed by atoms with van der Waals surface area (Å²) in [5.74, 6) is -0.198. The smallest absolute Gasteiger partial charge is 0.303 e. The lowest BCUT2D eigenvalue weighted by Gasteiger charge is -2.08. The van der Waals surface area contributed by atoms with E-state index in [0.717, 1.165) is 5.56 Å². The number of hydrogen-bond donors (Lipinski definition) is 1. The van der Waals surface area contributed by atoms with Crippen LogP contribution in [0.5, 0.6) is 0 Å². The first kappa shape index (κ1) is 11.3. The predicted molar refractivity (Wildman–Crippen MR) is 59.8 cm³/mol. The van der Waals surface area contributed by atoms with Gasteiger partial charge in [0.1, 0.15) is 12.7 Å². The van der Waals surface area contributed by atoms with Crippen LogP contribution in [-0.2, 0) is 4.79 Å². The van der Waals surface area contributed by atoms with Crippen molar-refractivity contribution in [1.29, 1.82) is 0 Å². The number of pyridine rings is 1. The van der Waals surface area contributed by atoms with Gasteiger partial charge in [0.05, 0.1) is 6.42 Å². The monoisotopic (exact) mass is 232 g/mol. The van der Waals surface area contributed by atoms with Crippen LogP contribution in [0.4, 0.5) is 0 Å². The Bertz CT molecular complexity index is 493. The first-order chi connectivity index (χ1) is 8.16. The summed E-state index contributed by atoms with van der Waals surface area (Å²) in [5, 5.41) is 12.7. The first-order valence-corrected chi connectivity index (χ1v) is 5.19. The number of hydrogen-bond acceptors (Lipinski definition) is 4. The molecule has 0 radical (unpaired) electrons. The van der Waals surface area contributed by atoms with Crippen molar-refractivity contribution in [2.45, 2.75) is 19.3 Å². The molecule has 2 rings (SSSR count). The van der Waals surface area contributed by atoms with E-state index in [2.05, 4.69) is 15.1 Å². The molecule has 2 aromatic rings. The van der Waals surface area contributed by atoms with Gasteiger partial charge in [0.2, 0.25) is 0 Å². The van der Waals surface area contributed by atoms with Gasteiger partial charge in [-0.05, 0) is 17.5 Å². The number of carboxylic acid groups (broad SMARTS) is 1. The van der Waals surface area contributed by atoms with Gasteiger partial charge in [-0.2, -0.15) is 5.10 Å². The fourth-order valence-corrected chi connectivity index (χ4v) is 1.53. The second-order valence-electron chi connectivity index (χ2n) is 3.79. The number of rotatable bonds is 4. The Labute approximate surface area is 98.0 Å². The van der Waals surface area contributed by atoms with E-state index in [1.807, 2.05) is 13.0 Å². The Morgan fingerprint density at radius 1 is 1.53 bits per heavy atom. The van der Waals surface area contributed by atoms with E-state index in [0.29, 0.717) is 5.82 Å². The molecule has 0 saturated carbocycles. The second-order valence-corrected chi connectivity index (χ2v) is 3.79. The minimum absolute atomic E-state index is 0.0511. The van der Waals surface area contributed by atoms with Crippen LogP contribution < -0.4 is 0 Å². The van der Waals surface area contributed by atoms with Crippen molar-refractivity contribution in [3.63, 3.8) is 0 Å². The molecule has 0 fully saturated rings. The van der Waals surface area contributed by atoms with Gasteiger partial charge in [-0.1, -0.05) is 13.0 Å². The summed E-state index contributed by atoms with van der Waals surface area (Å²) >= 11 is 0. The Kier molecular flexibility index (Phi) is 3.13. The van der Waals surface area contributed by atoms with Gasteiger partial charge in [-0.3, -0.25) is 4.79 Å². The molecule has 2 aromatic heterocycles. The Morgan fingerprint density at radius 3 is 2.88 bits per heavy atom. The molecule has 0 bridgehead atoms. The molecule has 1 N–H and O–H groups in total.